The summed E-state index contributed by atoms with van der Waals surface area (Å²) in [7, 11) is 0. The first-order valence-corrected chi connectivity index (χ1v) is 14.7. The van der Waals surface area contributed by atoms with Gasteiger partial charge in [-0.2, -0.15) is 4.99 Å². The summed E-state index contributed by atoms with van der Waals surface area (Å²) in [5.74, 6) is -0.892. The zero-order valence-electron chi connectivity index (χ0n) is 25.1. The fraction of sp³-hybridized carbons (Fsp3) is 0.303. The molecule has 2 saturated heterocycles. The maximum Gasteiger partial charge on any atom is 0.414 e. The average molecular weight is 614 g/mol. The first-order valence-electron chi connectivity index (χ1n) is 14.7. The maximum absolute atomic E-state index is 12.9. The summed E-state index contributed by atoms with van der Waals surface area (Å²) in [6, 6.07) is 21.7. The van der Waals surface area contributed by atoms with Gasteiger partial charge in [-0.1, -0.05) is 30.3 Å². The molecule has 0 aromatic heterocycles. The van der Waals surface area contributed by atoms with E-state index in [2.05, 4.69) is 9.89 Å². The molecule has 12 heteroatoms. The third-order valence-corrected chi connectivity index (χ3v) is 7.66. The van der Waals surface area contributed by atoms with Crippen molar-refractivity contribution >= 4 is 35.5 Å². The molecule has 0 bridgehead atoms. The van der Waals surface area contributed by atoms with Crippen molar-refractivity contribution in [1.82, 2.24) is 9.80 Å². The summed E-state index contributed by atoms with van der Waals surface area (Å²) < 4.78 is 16.3. The highest BCUT2D eigenvalue weighted by Crippen LogP contribution is 2.28. The van der Waals surface area contributed by atoms with Crippen molar-refractivity contribution in [3.8, 4) is 11.5 Å². The highest BCUT2D eigenvalue weighted by Gasteiger charge is 2.35. The van der Waals surface area contributed by atoms with Gasteiger partial charge in [0.05, 0.1) is 6.54 Å². The first kappa shape index (κ1) is 31.4. The van der Waals surface area contributed by atoms with Gasteiger partial charge in [-0.05, 0) is 55.5 Å². The van der Waals surface area contributed by atoms with Gasteiger partial charge in [-0.3, -0.25) is 24.3 Å². The lowest BCUT2D eigenvalue weighted by Gasteiger charge is -2.37. The summed E-state index contributed by atoms with van der Waals surface area (Å²) >= 11 is 0. The van der Waals surface area contributed by atoms with Crippen LogP contribution in [0.1, 0.15) is 29.8 Å². The summed E-state index contributed by atoms with van der Waals surface area (Å²) in [5.41, 5.74) is 7.73. The molecular formula is C33H35N5O7. The number of nitrogens with zero attached hydrogens (tertiary/aromatic N) is 4. The van der Waals surface area contributed by atoms with E-state index in [1.807, 2.05) is 11.0 Å². The van der Waals surface area contributed by atoms with Crippen molar-refractivity contribution in [2.24, 2.45) is 10.7 Å². The minimum absolute atomic E-state index is 0.0887. The quantitative estimate of drug-likeness (QED) is 0.165. The minimum Gasteiger partial charge on any atom is -0.443 e. The zero-order valence-corrected chi connectivity index (χ0v) is 25.1. The van der Waals surface area contributed by atoms with Crippen LogP contribution in [0.3, 0.4) is 0 Å². The van der Waals surface area contributed by atoms with Gasteiger partial charge in [-0.25, -0.2) is 9.59 Å². The Balaban J connectivity index is 1.10. The number of anilines is 1. The number of hydrogen-bond donors (Lipinski definition) is 1. The highest BCUT2D eigenvalue weighted by molar-refractivity contribution is 6.09. The van der Waals surface area contributed by atoms with E-state index in [-0.39, 0.29) is 23.4 Å². The van der Waals surface area contributed by atoms with Crippen LogP contribution in [0.25, 0.3) is 0 Å². The van der Waals surface area contributed by atoms with E-state index in [4.69, 9.17) is 19.9 Å². The van der Waals surface area contributed by atoms with Crippen LogP contribution in [-0.2, 0) is 14.3 Å². The smallest absolute Gasteiger partial charge is 0.414 e. The topological polar surface area (TPSA) is 144 Å². The Morgan fingerprint density at radius 3 is 2.16 bits per heavy atom. The van der Waals surface area contributed by atoms with Crippen LogP contribution < -0.4 is 20.1 Å². The largest absolute Gasteiger partial charge is 0.443 e. The van der Waals surface area contributed by atoms with Gasteiger partial charge in [0.25, 0.3) is 5.91 Å². The number of nitrogens with two attached hydrogens (primary N) is 1. The number of esters is 2. The van der Waals surface area contributed by atoms with Crippen LogP contribution in [0.4, 0.5) is 10.5 Å². The summed E-state index contributed by atoms with van der Waals surface area (Å²) in [5, 5.41) is 0. The molecule has 5 rings (SSSR count). The number of hydrogen-bond acceptors (Lipinski definition) is 9. The normalized spacial score (nSPS) is 18.3. The van der Waals surface area contributed by atoms with Gasteiger partial charge in [0.1, 0.15) is 18.0 Å². The van der Waals surface area contributed by atoms with Crippen molar-refractivity contribution < 1.29 is 33.4 Å². The molecule has 2 unspecified atom stereocenters. The van der Waals surface area contributed by atoms with Gasteiger partial charge < -0.3 is 19.9 Å². The van der Waals surface area contributed by atoms with E-state index in [0.29, 0.717) is 56.1 Å². The van der Waals surface area contributed by atoms with Gasteiger partial charge in [0.15, 0.2) is 11.5 Å². The molecule has 2 aliphatic heterocycles. The number of amides is 2. The standard InChI is InChI=1S/C33H35N5O7/c1-22(32(41)45-29-11-7-6-10-28(29)43-23(2)39)37-18-16-36(17-19-37)20-27-21-38(33(42)44-27)26-14-12-24(13-15-26)30(34)35-31(40)25-8-4-3-5-9-25/h3-15,22,27H,16-21H2,1-2H3,(H2,34,35,40). The second-order valence-corrected chi connectivity index (χ2v) is 10.8. The third-order valence-electron chi connectivity index (χ3n) is 7.66. The van der Waals surface area contributed by atoms with Crippen molar-refractivity contribution in [1.29, 1.82) is 0 Å². The van der Waals surface area contributed by atoms with Crippen molar-refractivity contribution in [2.75, 3.05) is 44.2 Å². The summed E-state index contributed by atoms with van der Waals surface area (Å²) in [6.45, 7) is 6.65. The van der Waals surface area contributed by atoms with Gasteiger partial charge in [0, 0.05) is 56.5 Å². The van der Waals surface area contributed by atoms with Crippen LogP contribution in [-0.4, -0.2) is 91.0 Å². The molecule has 2 aliphatic rings. The number of amidine groups is 1. The Morgan fingerprint density at radius 2 is 1.51 bits per heavy atom. The van der Waals surface area contributed by atoms with Crippen LogP contribution in [0.15, 0.2) is 83.9 Å². The molecule has 234 valence electrons. The zero-order chi connectivity index (χ0) is 31.9. The van der Waals surface area contributed by atoms with Crippen molar-refractivity contribution in [3.63, 3.8) is 0 Å². The Morgan fingerprint density at radius 1 is 0.889 bits per heavy atom. The molecule has 3 aromatic rings. The Hall–Kier alpha value is -5.07. The van der Waals surface area contributed by atoms with Gasteiger partial charge in [-0.15, -0.1) is 0 Å². The lowest BCUT2D eigenvalue weighted by atomic mass is 10.1. The van der Waals surface area contributed by atoms with E-state index in [1.165, 1.54) is 6.92 Å². The van der Waals surface area contributed by atoms with Crippen LogP contribution >= 0.6 is 0 Å². The second-order valence-electron chi connectivity index (χ2n) is 10.8. The molecule has 2 N–H and O–H groups in total. The van der Waals surface area contributed by atoms with E-state index in [0.717, 1.165) is 0 Å². The van der Waals surface area contributed by atoms with E-state index in [9.17, 15) is 19.2 Å². The third kappa shape index (κ3) is 7.91. The van der Waals surface area contributed by atoms with Crippen molar-refractivity contribution in [2.45, 2.75) is 26.0 Å². The second kappa shape index (κ2) is 14.1. The number of ether oxygens (including phenoxy) is 3. The lowest BCUT2D eigenvalue weighted by Crippen LogP contribution is -2.53. The fourth-order valence-corrected chi connectivity index (χ4v) is 5.20. The van der Waals surface area contributed by atoms with Gasteiger partial charge in [0.2, 0.25) is 0 Å². The fourth-order valence-electron chi connectivity index (χ4n) is 5.20. The SMILES string of the molecule is CC(=O)Oc1ccccc1OC(=O)C(C)N1CCN(CC2CN(c3ccc(C(N)=NC(=O)c4ccccc4)cc3)C(=O)O2)CC1. The minimum atomic E-state index is -0.504. The number of aliphatic imine (C=N–C) groups is 1. The molecule has 2 fully saturated rings. The lowest BCUT2D eigenvalue weighted by molar-refractivity contribution is -0.141. The maximum atomic E-state index is 12.9. The highest BCUT2D eigenvalue weighted by atomic mass is 16.6. The van der Waals surface area contributed by atoms with Crippen molar-refractivity contribution in [3.05, 3.63) is 90.0 Å². The predicted molar refractivity (Wildman–Crippen MR) is 166 cm³/mol. The molecule has 2 amide bonds. The molecule has 0 saturated carbocycles. The number of para-hydroxylation sites is 2. The molecule has 0 aliphatic carbocycles. The first-order chi connectivity index (χ1) is 21.7. The number of carbonyl (C=O) groups excluding carboxylic acids is 4. The summed E-state index contributed by atoms with van der Waals surface area (Å²) in [4.78, 5) is 59.1. The number of rotatable bonds is 9. The number of benzene rings is 3. The molecule has 3 aromatic carbocycles. The number of carbonyl (C=O) groups is 4. The Bertz CT molecular complexity index is 1570. The molecule has 0 spiro atoms. The number of cyclic esters (lactones) is 1. The van der Waals surface area contributed by atoms with Crippen LogP contribution in [0, 0.1) is 0 Å². The van der Waals surface area contributed by atoms with Gasteiger partial charge >= 0.3 is 18.0 Å². The van der Waals surface area contributed by atoms with Crippen LogP contribution in [0.2, 0.25) is 0 Å². The summed E-state index contributed by atoms with van der Waals surface area (Å²) in [6.07, 6.45) is -0.753. The monoisotopic (exact) mass is 613 g/mol. The molecular weight excluding hydrogens is 578 g/mol. The average Bonchev–Trinajstić information content (AvgIpc) is 3.41. The Kier molecular flexibility index (Phi) is 9.86. The van der Waals surface area contributed by atoms with Crippen LogP contribution in [0.5, 0.6) is 11.5 Å². The van der Waals surface area contributed by atoms with E-state index >= 15 is 0 Å². The molecule has 2 atom stereocenters. The van der Waals surface area contributed by atoms with E-state index in [1.54, 1.807) is 84.6 Å². The predicted octanol–water partition coefficient (Wildman–Crippen LogP) is 3.09. The molecule has 45 heavy (non-hydrogen) atoms. The van der Waals surface area contributed by atoms with E-state index < -0.39 is 30.0 Å². The molecule has 12 nitrogen and oxygen atoms in total. The molecule has 2 heterocycles. The molecule has 0 radical (unpaired) electrons. The Labute approximate surface area is 261 Å². The number of piperazine rings is 1.